The molecule has 3 aromatic rings. The average Bonchev–Trinajstić information content (AvgIpc) is 2.97. The first-order chi connectivity index (χ1) is 20.5. The van der Waals surface area contributed by atoms with Crippen LogP contribution in [0.25, 0.3) is 22.3 Å². The Morgan fingerprint density at radius 1 is 1.12 bits per heavy atom. The van der Waals surface area contributed by atoms with Crippen LogP contribution in [0.1, 0.15) is 50.5 Å². The first-order valence-electron chi connectivity index (χ1n) is 13.6. The quantitative estimate of drug-likeness (QED) is 0.0569. The summed E-state index contributed by atoms with van der Waals surface area (Å²) in [6.07, 6.45) is 13.4. The standard InChI is InChI=1S/C31H31BrClN3O6S/c1-3-9-25(33)13-15-43(40,41)30-19-26(36(38)39)11-12-27(30)29-21-35(42-2)20-28(31(29)37)23-16-22(17-24(32)18-23)10-7-5-4-6-8-14-34/h1,11-12,16-21,25H,4-10,13,15H2,2H3. The number of halogens is 2. The van der Waals surface area contributed by atoms with E-state index >= 15 is 0 Å². The predicted molar refractivity (Wildman–Crippen MR) is 171 cm³/mol. The molecule has 0 N–H and O–H groups in total. The summed E-state index contributed by atoms with van der Waals surface area (Å²) in [6, 6.07) is 11.2. The molecule has 0 amide bonds. The minimum Gasteiger partial charge on any atom is -0.418 e. The first-order valence-corrected chi connectivity index (χ1v) is 16.5. The number of aryl methyl sites for hydroxylation is 1. The lowest BCUT2D eigenvalue weighted by atomic mass is 9.98. The lowest BCUT2D eigenvalue weighted by Crippen LogP contribution is -2.18. The molecule has 43 heavy (non-hydrogen) atoms. The van der Waals surface area contributed by atoms with E-state index in [0.29, 0.717) is 12.0 Å². The van der Waals surface area contributed by atoms with Crippen LogP contribution >= 0.6 is 27.5 Å². The van der Waals surface area contributed by atoms with Crippen molar-refractivity contribution in [3.05, 3.63) is 79.2 Å². The van der Waals surface area contributed by atoms with Gasteiger partial charge in [0.05, 0.1) is 39.6 Å². The molecule has 0 saturated heterocycles. The number of alkyl halides is 1. The minimum atomic E-state index is -4.13. The van der Waals surface area contributed by atoms with Crippen molar-refractivity contribution in [2.24, 2.45) is 0 Å². The molecule has 226 valence electrons. The van der Waals surface area contributed by atoms with Crippen LogP contribution in [0, 0.1) is 33.8 Å². The van der Waals surface area contributed by atoms with Crippen molar-refractivity contribution in [2.75, 3.05) is 12.9 Å². The van der Waals surface area contributed by atoms with Gasteiger partial charge in [-0.1, -0.05) is 34.8 Å². The molecule has 12 heteroatoms. The second-order valence-electron chi connectivity index (χ2n) is 9.93. The molecule has 0 aliphatic carbocycles. The Labute approximate surface area is 264 Å². The smallest absolute Gasteiger partial charge is 0.270 e. The second-order valence-corrected chi connectivity index (χ2v) is 13.5. The topological polar surface area (TPSA) is 132 Å². The lowest BCUT2D eigenvalue weighted by Gasteiger charge is -2.15. The van der Waals surface area contributed by atoms with Gasteiger partial charge in [0.15, 0.2) is 15.3 Å². The van der Waals surface area contributed by atoms with Crippen LogP contribution in [0.5, 0.6) is 0 Å². The number of hydrogen-bond donors (Lipinski definition) is 0. The van der Waals surface area contributed by atoms with Gasteiger partial charge in [0.1, 0.15) is 7.11 Å². The Morgan fingerprint density at radius 3 is 2.51 bits per heavy atom. The van der Waals surface area contributed by atoms with Crippen molar-refractivity contribution in [2.45, 2.75) is 61.6 Å². The number of pyridine rings is 1. The van der Waals surface area contributed by atoms with E-state index in [4.69, 9.17) is 28.1 Å². The lowest BCUT2D eigenvalue weighted by molar-refractivity contribution is -0.385. The molecule has 0 aliphatic rings. The number of benzene rings is 2. The van der Waals surface area contributed by atoms with Gasteiger partial charge in [-0.2, -0.15) is 9.99 Å². The number of terminal acetylenes is 1. The number of nitro groups is 1. The highest BCUT2D eigenvalue weighted by Gasteiger charge is 2.26. The van der Waals surface area contributed by atoms with E-state index in [1.807, 2.05) is 12.1 Å². The zero-order chi connectivity index (χ0) is 31.6. The second kappa shape index (κ2) is 15.7. The van der Waals surface area contributed by atoms with Crippen LogP contribution in [0.4, 0.5) is 5.69 Å². The maximum Gasteiger partial charge on any atom is 0.270 e. The third kappa shape index (κ3) is 9.17. The molecule has 1 unspecified atom stereocenters. The monoisotopic (exact) mass is 687 g/mol. The van der Waals surface area contributed by atoms with E-state index in [-0.39, 0.29) is 34.4 Å². The Balaban J connectivity index is 2.11. The summed E-state index contributed by atoms with van der Waals surface area (Å²) in [7, 11) is -2.73. The zero-order valence-electron chi connectivity index (χ0n) is 23.6. The number of nitriles is 1. The summed E-state index contributed by atoms with van der Waals surface area (Å²) >= 11 is 9.69. The van der Waals surface area contributed by atoms with Crippen LogP contribution in [0.3, 0.4) is 0 Å². The van der Waals surface area contributed by atoms with Crippen LogP contribution in [-0.4, -0.2) is 36.3 Å². The van der Waals surface area contributed by atoms with Crippen molar-refractivity contribution in [3.8, 4) is 40.7 Å². The maximum absolute atomic E-state index is 14.0. The molecule has 0 bridgehead atoms. The van der Waals surface area contributed by atoms with Crippen LogP contribution < -0.4 is 10.3 Å². The summed E-state index contributed by atoms with van der Waals surface area (Å²) in [6.45, 7) is 0. The molecule has 9 nitrogen and oxygen atoms in total. The normalized spacial score (nSPS) is 11.8. The molecule has 1 heterocycles. The SMILES string of the molecule is C#CCC(Cl)CCS(=O)(=O)c1cc([N+](=O)[O-])ccc1-c1cn(OC)cc(-c2cc(Br)cc(CCCCCCC#N)c2)c1=O. The first kappa shape index (κ1) is 33.9. The molecule has 0 spiro atoms. The fourth-order valence-electron chi connectivity index (χ4n) is 4.62. The van der Waals surface area contributed by atoms with Crippen molar-refractivity contribution in [1.29, 1.82) is 5.26 Å². The molecule has 0 aliphatic heterocycles. The number of unbranched alkanes of at least 4 members (excludes halogenated alkanes) is 4. The predicted octanol–water partition coefficient (Wildman–Crippen LogP) is 6.72. The third-order valence-corrected chi connectivity index (χ3v) is 9.44. The van der Waals surface area contributed by atoms with Gasteiger partial charge in [-0.25, -0.2) is 8.42 Å². The Bertz CT molecular complexity index is 1730. The highest BCUT2D eigenvalue weighted by molar-refractivity contribution is 9.10. The summed E-state index contributed by atoms with van der Waals surface area (Å²) in [5.41, 5.74) is 0.962. The number of sulfone groups is 1. The van der Waals surface area contributed by atoms with Gasteiger partial charge in [-0.15, -0.1) is 23.9 Å². The molecular weight excluding hydrogens is 658 g/mol. The molecule has 1 atom stereocenters. The summed E-state index contributed by atoms with van der Waals surface area (Å²) in [5, 5.41) is 19.7. The maximum atomic E-state index is 14.0. The summed E-state index contributed by atoms with van der Waals surface area (Å²) in [4.78, 5) is 29.9. The summed E-state index contributed by atoms with van der Waals surface area (Å²) < 4.78 is 29.1. The van der Waals surface area contributed by atoms with Crippen molar-refractivity contribution in [3.63, 3.8) is 0 Å². The van der Waals surface area contributed by atoms with Gasteiger partial charge in [0.2, 0.25) is 0 Å². The van der Waals surface area contributed by atoms with Gasteiger partial charge < -0.3 is 4.84 Å². The van der Waals surface area contributed by atoms with E-state index in [1.165, 1.54) is 30.3 Å². The molecular formula is C31H31BrClN3O6S. The van der Waals surface area contributed by atoms with Crippen molar-refractivity contribution >= 4 is 43.1 Å². The number of aromatic nitrogens is 1. The third-order valence-electron chi connectivity index (χ3n) is 6.83. The minimum absolute atomic E-state index is 0.00195. The van der Waals surface area contributed by atoms with Gasteiger partial charge in [0, 0.05) is 46.0 Å². The molecule has 1 aromatic heterocycles. The van der Waals surface area contributed by atoms with Crippen LogP contribution in [-0.2, 0) is 16.3 Å². The number of rotatable bonds is 15. The Morgan fingerprint density at radius 2 is 1.84 bits per heavy atom. The van der Waals surface area contributed by atoms with E-state index in [9.17, 15) is 23.3 Å². The van der Waals surface area contributed by atoms with Gasteiger partial charge in [0.25, 0.3) is 5.69 Å². The average molecular weight is 689 g/mol. The number of nitrogens with zero attached hydrogens (tertiary/aromatic N) is 3. The van der Waals surface area contributed by atoms with Crippen molar-refractivity contribution < 1.29 is 18.2 Å². The van der Waals surface area contributed by atoms with Crippen LogP contribution in [0.2, 0.25) is 0 Å². The van der Waals surface area contributed by atoms with E-state index < -0.39 is 37.0 Å². The molecule has 0 saturated carbocycles. The van der Waals surface area contributed by atoms with E-state index in [2.05, 4.69) is 27.9 Å². The molecule has 0 fully saturated rings. The van der Waals surface area contributed by atoms with Gasteiger partial charge in [-0.05, 0) is 55.0 Å². The summed E-state index contributed by atoms with van der Waals surface area (Å²) in [5.74, 6) is 1.97. The molecule has 3 rings (SSSR count). The number of nitro benzene ring substituents is 1. The van der Waals surface area contributed by atoms with E-state index in [1.54, 1.807) is 6.07 Å². The number of non-ortho nitro benzene ring substituents is 1. The molecule has 0 radical (unpaired) electrons. The van der Waals surface area contributed by atoms with Crippen molar-refractivity contribution in [1.82, 2.24) is 4.73 Å². The van der Waals surface area contributed by atoms with Gasteiger partial charge in [-0.3, -0.25) is 14.9 Å². The Kier molecular flexibility index (Phi) is 12.4. The zero-order valence-corrected chi connectivity index (χ0v) is 26.8. The highest BCUT2D eigenvalue weighted by Crippen LogP contribution is 2.32. The van der Waals surface area contributed by atoms with Gasteiger partial charge >= 0.3 is 0 Å². The molecule has 2 aromatic carbocycles. The Hall–Kier alpha value is -3.64. The number of hydrogen-bond acceptors (Lipinski definition) is 7. The fourth-order valence-corrected chi connectivity index (χ4v) is 7.12. The largest absolute Gasteiger partial charge is 0.418 e. The van der Waals surface area contributed by atoms with Crippen LogP contribution in [0.15, 0.2) is 63.0 Å². The fraction of sp³-hybridized carbons (Fsp3) is 0.355. The van der Waals surface area contributed by atoms with E-state index in [0.717, 1.165) is 54.3 Å². The highest BCUT2D eigenvalue weighted by atomic mass is 79.9.